The first-order chi connectivity index (χ1) is 10.3. The molecule has 0 atom stereocenters. The standard InChI is InChI=1S/C16H21N3OS/c1-10-14(17)13-11-4-2-3-5-12(11)15(18-16(13)21-10)19-6-8-20-9-7-19/h2-9,17H2,1H3. The number of aryl methyl sites for hydroxylation is 2. The Hall–Kier alpha value is -1.33. The molecule has 2 N–H and O–H groups in total. The lowest BCUT2D eigenvalue weighted by molar-refractivity contribution is 0.122. The number of anilines is 2. The third kappa shape index (κ3) is 2.10. The summed E-state index contributed by atoms with van der Waals surface area (Å²) in [6.07, 6.45) is 4.81. The summed E-state index contributed by atoms with van der Waals surface area (Å²) in [6.45, 7) is 5.61. The molecule has 3 heterocycles. The zero-order chi connectivity index (χ0) is 14.4. The topological polar surface area (TPSA) is 51.4 Å². The third-order valence-corrected chi connectivity index (χ3v) is 5.68. The van der Waals surface area contributed by atoms with Crippen LogP contribution in [0.2, 0.25) is 0 Å². The van der Waals surface area contributed by atoms with E-state index in [-0.39, 0.29) is 0 Å². The van der Waals surface area contributed by atoms with Gasteiger partial charge in [-0.05, 0) is 43.7 Å². The van der Waals surface area contributed by atoms with E-state index in [4.69, 9.17) is 15.5 Å². The summed E-state index contributed by atoms with van der Waals surface area (Å²) in [5, 5.41) is 1.24. The van der Waals surface area contributed by atoms with Gasteiger partial charge in [0.1, 0.15) is 10.6 Å². The van der Waals surface area contributed by atoms with Crippen LogP contribution in [0.1, 0.15) is 28.8 Å². The largest absolute Gasteiger partial charge is 0.397 e. The van der Waals surface area contributed by atoms with Crippen LogP contribution in [0.15, 0.2) is 0 Å². The Kier molecular flexibility index (Phi) is 3.27. The van der Waals surface area contributed by atoms with Crippen LogP contribution in [-0.4, -0.2) is 31.3 Å². The van der Waals surface area contributed by atoms with E-state index in [2.05, 4.69) is 11.8 Å². The molecule has 1 aliphatic carbocycles. The van der Waals surface area contributed by atoms with Gasteiger partial charge < -0.3 is 15.4 Å². The van der Waals surface area contributed by atoms with Gasteiger partial charge in [-0.1, -0.05) is 0 Å². The Balaban J connectivity index is 1.94. The smallest absolute Gasteiger partial charge is 0.133 e. The van der Waals surface area contributed by atoms with Crippen LogP contribution in [0.4, 0.5) is 11.5 Å². The molecule has 2 aromatic rings. The first kappa shape index (κ1) is 13.3. The Morgan fingerprint density at radius 2 is 1.86 bits per heavy atom. The van der Waals surface area contributed by atoms with Crippen LogP contribution in [-0.2, 0) is 17.6 Å². The predicted molar refractivity (Wildman–Crippen MR) is 88.4 cm³/mol. The minimum absolute atomic E-state index is 0.806. The van der Waals surface area contributed by atoms with E-state index in [9.17, 15) is 0 Å². The highest BCUT2D eigenvalue weighted by atomic mass is 32.1. The van der Waals surface area contributed by atoms with Gasteiger partial charge in [0.15, 0.2) is 0 Å². The van der Waals surface area contributed by atoms with Crippen molar-refractivity contribution in [2.45, 2.75) is 32.6 Å². The van der Waals surface area contributed by atoms with E-state index in [0.717, 1.165) is 49.7 Å². The average Bonchev–Trinajstić information content (AvgIpc) is 2.82. The molecule has 1 saturated heterocycles. The summed E-state index contributed by atoms with van der Waals surface area (Å²) in [4.78, 5) is 9.72. The molecule has 4 rings (SSSR count). The number of morpholine rings is 1. The van der Waals surface area contributed by atoms with E-state index in [1.807, 2.05) is 0 Å². The number of fused-ring (bicyclic) bond motifs is 3. The number of aromatic nitrogens is 1. The highest BCUT2D eigenvalue weighted by Gasteiger charge is 2.25. The van der Waals surface area contributed by atoms with Gasteiger partial charge in [0, 0.05) is 23.4 Å². The second kappa shape index (κ2) is 5.14. The zero-order valence-electron chi connectivity index (χ0n) is 12.4. The average molecular weight is 303 g/mol. The minimum Gasteiger partial charge on any atom is -0.397 e. The molecule has 1 fully saturated rings. The Bertz CT molecular complexity index is 689. The molecule has 21 heavy (non-hydrogen) atoms. The molecule has 1 aliphatic heterocycles. The fourth-order valence-electron chi connectivity index (χ4n) is 3.54. The second-order valence-corrected chi connectivity index (χ2v) is 7.15. The first-order valence-electron chi connectivity index (χ1n) is 7.78. The van der Waals surface area contributed by atoms with Gasteiger partial charge in [-0.3, -0.25) is 0 Å². The lowest BCUT2D eigenvalue weighted by Gasteiger charge is -2.31. The van der Waals surface area contributed by atoms with Crippen LogP contribution in [0.5, 0.6) is 0 Å². The normalized spacial score (nSPS) is 19.0. The zero-order valence-corrected chi connectivity index (χ0v) is 13.3. The van der Waals surface area contributed by atoms with E-state index in [1.165, 1.54) is 40.0 Å². The van der Waals surface area contributed by atoms with Crippen molar-refractivity contribution in [2.75, 3.05) is 36.9 Å². The van der Waals surface area contributed by atoms with Crippen molar-refractivity contribution in [3.63, 3.8) is 0 Å². The van der Waals surface area contributed by atoms with Gasteiger partial charge in [0.05, 0.1) is 18.9 Å². The number of pyridine rings is 1. The van der Waals surface area contributed by atoms with Crippen LogP contribution < -0.4 is 10.6 Å². The fraction of sp³-hybridized carbons (Fsp3) is 0.562. The SMILES string of the molecule is Cc1sc2nc(N3CCOCC3)c3c(c2c1N)CCCC3. The number of ether oxygens (including phenoxy) is 1. The number of rotatable bonds is 1. The van der Waals surface area contributed by atoms with Crippen molar-refractivity contribution in [1.29, 1.82) is 0 Å². The van der Waals surface area contributed by atoms with Gasteiger partial charge in [-0.25, -0.2) is 4.98 Å². The lowest BCUT2D eigenvalue weighted by atomic mass is 9.89. The van der Waals surface area contributed by atoms with E-state index in [0.29, 0.717) is 0 Å². The lowest BCUT2D eigenvalue weighted by Crippen LogP contribution is -2.37. The van der Waals surface area contributed by atoms with Crippen molar-refractivity contribution in [1.82, 2.24) is 4.98 Å². The number of nitrogen functional groups attached to an aromatic ring is 1. The predicted octanol–water partition coefficient (Wildman–Crippen LogP) is 2.90. The van der Waals surface area contributed by atoms with Gasteiger partial charge in [-0.15, -0.1) is 11.3 Å². The highest BCUT2D eigenvalue weighted by molar-refractivity contribution is 7.19. The summed E-state index contributed by atoms with van der Waals surface area (Å²) in [7, 11) is 0. The molecule has 5 heteroatoms. The summed E-state index contributed by atoms with van der Waals surface area (Å²) < 4.78 is 5.49. The summed E-state index contributed by atoms with van der Waals surface area (Å²) >= 11 is 1.74. The molecule has 0 aromatic carbocycles. The van der Waals surface area contributed by atoms with Crippen molar-refractivity contribution in [3.8, 4) is 0 Å². The molecule has 0 saturated carbocycles. The van der Waals surface area contributed by atoms with Gasteiger partial charge >= 0.3 is 0 Å². The van der Waals surface area contributed by atoms with Crippen molar-refractivity contribution in [2.24, 2.45) is 0 Å². The van der Waals surface area contributed by atoms with Gasteiger partial charge in [0.25, 0.3) is 0 Å². The molecule has 0 spiro atoms. The maximum atomic E-state index is 6.33. The summed E-state index contributed by atoms with van der Waals surface area (Å²) in [6, 6.07) is 0. The Morgan fingerprint density at radius 1 is 1.14 bits per heavy atom. The quantitative estimate of drug-likeness (QED) is 0.880. The monoisotopic (exact) mass is 303 g/mol. The molecule has 0 unspecified atom stereocenters. The number of hydrogen-bond donors (Lipinski definition) is 1. The van der Waals surface area contributed by atoms with E-state index in [1.54, 1.807) is 11.3 Å². The van der Waals surface area contributed by atoms with Crippen LogP contribution in [0, 0.1) is 6.92 Å². The molecule has 112 valence electrons. The molecule has 0 bridgehead atoms. The number of nitrogens with two attached hydrogens (primary N) is 1. The first-order valence-corrected chi connectivity index (χ1v) is 8.60. The Labute approximate surface area is 128 Å². The molecule has 2 aliphatic rings. The van der Waals surface area contributed by atoms with Crippen molar-refractivity contribution in [3.05, 3.63) is 16.0 Å². The summed E-state index contributed by atoms with van der Waals surface area (Å²) in [5.74, 6) is 1.20. The molecule has 0 amide bonds. The third-order valence-electron chi connectivity index (χ3n) is 4.67. The summed E-state index contributed by atoms with van der Waals surface area (Å²) in [5.41, 5.74) is 10.2. The fourth-order valence-corrected chi connectivity index (χ4v) is 4.51. The highest BCUT2D eigenvalue weighted by Crippen LogP contribution is 2.41. The van der Waals surface area contributed by atoms with Crippen LogP contribution in [0.25, 0.3) is 10.2 Å². The van der Waals surface area contributed by atoms with Crippen molar-refractivity contribution >= 4 is 33.1 Å². The minimum atomic E-state index is 0.806. The molecular formula is C16H21N3OS. The number of thiophene rings is 1. The second-order valence-electron chi connectivity index (χ2n) is 5.95. The molecule has 4 nitrogen and oxygen atoms in total. The van der Waals surface area contributed by atoms with E-state index >= 15 is 0 Å². The molecular weight excluding hydrogens is 282 g/mol. The van der Waals surface area contributed by atoms with E-state index < -0.39 is 0 Å². The molecule has 2 aromatic heterocycles. The maximum Gasteiger partial charge on any atom is 0.133 e. The number of nitrogens with zero attached hydrogens (tertiary/aromatic N) is 2. The maximum absolute atomic E-state index is 6.33. The van der Waals surface area contributed by atoms with Crippen LogP contribution >= 0.6 is 11.3 Å². The van der Waals surface area contributed by atoms with Crippen molar-refractivity contribution < 1.29 is 4.74 Å². The Morgan fingerprint density at radius 3 is 2.62 bits per heavy atom. The van der Waals surface area contributed by atoms with Crippen LogP contribution in [0.3, 0.4) is 0 Å². The number of hydrogen-bond acceptors (Lipinski definition) is 5. The van der Waals surface area contributed by atoms with Gasteiger partial charge in [-0.2, -0.15) is 0 Å². The molecule has 0 radical (unpaired) electrons. The van der Waals surface area contributed by atoms with Gasteiger partial charge in [0.2, 0.25) is 0 Å².